The number of amides is 1. The van der Waals surface area contributed by atoms with Gasteiger partial charge in [-0.25, -0.2) is 5.43 Å². The number of phenolic OH excluding ortho intramolecular Hbond substituents is 1. The van der Waals surface area contributed by atoms with E-state index < -0.39 is 11.5 Å². The molecule has 0 aliphatic carbocycles. The lowest BCUT2D eigenvalue weighted by Crippen LogP contribution is -2.27. The van der Waals surface area contributed by atoms with Crippen molar-refractivity contribution in [2.24, 2.45) is 10.1 Å². The van der Waals surface area contributed by atoms with Crippen LogP contribution in [-0.2, 0) is 11.3 Å². The van der Waals surface area contributed by atoms with Crippen molar-refractivity contribution in [3.63, 3.8) is 0 Å². The van der Waals surface area contributed by atoms with Crippen LogP contribution in [0.15, 0.2) is 105 Å². The van der Waals surface area contributed by atoms with E-state index in [1.165, 1.54) is 4.57 Å². The minimum absolute atomic E-state index is 0.0229. The molecule has 9 nitrogen and oxygen atoms in total. The van der Waals surface area contributed by atoms with Gasteiger partial charge in [0.25, 0.3) is 11.5 Å². The number of para-hydroxylation sites is 4. The van der Waals surface area contributed by atoms with Crippen LogP contribution in [0.1, 0.15) is 18.1 Å². The third-order valence-electron chi connectivity index (χ3n) is 6.74. The van der Waals surface area contributed by atoms with E-state index in [-0.39, 0.29) is 28.3 Å². The average molecular weight is 518 g/mol. The Labute approximate surface area is 222 Å². The molecule has 4 N–H and O–H groups in total. The van der Waals surface area contributed by atoms with Crippen LogP contribution in [0.25, 0.3) is 16.6 Å². The van der Waals surface area contributed by atoms with Crippen LogP contribution in [0.5, 0.6) is 11.5 Å². The van der Waals surface area contributed by atoms with Crippen LogP contribution in [0.2, 0.25) is 0 Å². The smallest absolute Gasteiger partial charge is 0.273 e. The number of fused-ring (bicyclic) bond motifs is 2. The van der Waals surface area contributed by atoms with Crippen molar-refractivity contribution in [1.29, 1.82) is 0 Å². The normalized spacial score (nSPS) is 15.7. The molecule has 2 aliphatic rings. The van der Waals surface area contributed by atoms with Crippen molar-refractivity contribution in [2.75, 3.05) is 5.32 Å². The van der Waals surface area contributed by atoms with Crippen molar-refractivity contribution in [3.05, 3.63) is 111 Å². The molecule has 0 fully saturated rings. The van der Waals surface area contributed by atoms with Crippen molar-refractivity contribution in [2.45, 2.75) is 13.5 Å². The molecule has 0 unspecified atom stereocenters. The molecular formula is C30H23N5O4. The molecule has 0 spiro atoms. The molecule has 0 saturated carbocycles. The molecule has 6 rings (SSSR count). The van der Waals surface area contributed by atoms with Gasteiger partial charge >= 0.3 is 0 Å². The summed E-state index contributed by atoms with van der Waals surface area (Å²) in [5.74, 6) is -0.762. The summed E-state index contributed by atoms with van der Waals surface area (Å²) in [6, 6.07) is 21.3. The number of nitrogens with one attached hydrogen (secondary N) is 2. The summed E-state index contributed by atoms with van der Waals surface area (Å²) in [6.45, 7) is 2.19. The average Bonchev–Trinajstić information content (AvgIpc) is 3.19. The van der Waals surface area contributed by atoms with E-state index in [1.807, 2.05) is 31.2 Å². The van der Waals surface area contributed by atoms with Gasteiger partial charge < -0.3 is 20.1 Å². The minimum atomic E-state index is -0.542. The molecule has 0 saturated heterocycles. The molecule has 4 aromatic rings. The molecule has 2 aliphatic heterocycles. The Kier molecular flexibility index (Phi) is 5.80. The van der Waals surface area contributed by atoms with Gasteiger partial charge in [0.15, 0.2) is 0 Å². The molecule has 0 radical (unpaired) electrons. The zero-order valence-corrected chi connectivity index (χ0v) is 20.8. The summed E-state index contributed by atoms with van der Waals surface area (Å²) in [7, 11) is 0. The standard InChI is InChI=1S/C30H23N5O4/c1-2-35-23-13-7-3-9-18(23)28(37)25(30(35)39)27-20(29(38)34-33-27)15-17-16-31-21-11-5-6-12-22(21)32-26(17)19-10-4-8-14-24(19)36/h3-16,32,36-37H,2H2,1H3,(H,34,38)/b20-15-. The van der Waals surface area contributed by atoms with Crippen LogP contribution < -0.4 is 16.3 Å². The number of aromatic hydroxyl groups is 2. The van der Waals surface area contributed by atoms with Crippen LogP contribution in [0, 0.1) is 0 Å². The molecule has 3 heterocycles. The van der Waals surface area contributed by atoms with Crippen LogP contribution in [0.3, 0.4) is 0 Å². The van der Waals surface area contributed by atoms with Gasteiger partial charge in [0, 0.05) is 29.3 Å². The van der Waals surface area contributed by atoms with Gasteiger partial charge in [-0.3, -0.25) is 14.6 Å². The number of aromatic nitrogens is 1. The van der Waals surface area contributed by atoms with Crippen LogP contribution >= 0.6 is 0 Å². The Morgan fingerprint density at radius 1 is 0.949 bits per heavy atom. The van der Waals surface area contributed by atoms with Gasteiger partial charge in [0.2, 0.25) is 0 Å². The Morgan fingerprint density at radius 3 is 2.51 bits per heavy atom. The van der Waals surface area contributed by atoms with Gasteiger partial charge in [-0.05, 0) is 49.4 Å². The molecule has 0 atom stereocenters. The van der Waals surface area contributed by atoms with E-state index in [9.17, 15) is 19.8 Å². The fourth-order valence-corrected chi connectivity index (χ4v) is 4.85. The first kappa shape index (κ1) is 23.9. The zero-order valence-electron chi connectivity index (χ0n) is 20.8. The zero-order chi connectivity index (χ0) is 27.1. The maximum Gasteiger partial charge on any atom is 0.273 e. The van der Waals surface area contributed by atoms with Crippen molar-refractivity contribution in [3.8, 4) is 11.5 Å². The molecule has 192 valence electrons. The molecule has 1 aromatic heterocycles. The maximum atomic E-state index is 13.6. The second-order valence-corrected chi connectivity index (χ2v) is 9.00. The minimum Gasteiger partial charge on any atom is -0.507 e. The number of phenols is 1. The van der Waals surface area contributed by atoms with Gasteiger partial charge in [-0.15, -0.1) is 0 Å². The van der Waals surface area contributed by atoms with Gasteiger partial charge in [-0.1, -0.05) is 36.4 Å². The molecular weight excluding hydrogens is 494 g/mol. The monoisotopic (exact) mass is 517 g/mol. The quantitative estimate of drug-likeness (QED) is 0.298. The lowest BCUT2D eigenvalue weighted by atomic mass is 9.97. The number of carbonyl (C=O) groups excluding carboxylic acids is 1. The Balaban J connectivity index is 1.58. The fraction of sp³-hybridized carbons (Fsp3) is 0.0667. The number of aryl methyl sites for hydroxylation is 1. The first-order chi connectivity index (χ1) is 19.0. The first-order valence-electron chi connectivity index (χ1n) is 12.4. The van der Waals surface area contributed by atoms with E-state index in [1.54, 1.807) is 60.8 Å². The largest absolute Gasteiger partial charge is 0.507 e. The number of anilines is 1. The summed E-state index contributed by atoms with van der Waals surface area (Å²) < 4.78 is 1.53. The Bertz CT molecular complexity index is 1860. The highest BCUT2D eigenvalue weighted by Gasteiger charge is 2.31. The number of nitrogens with zero attached hydrogens (tertiary/aromatic N) is 3. The number of hydrazone groups is 1. The maximum absolute atomic E-state index is 13.6. The Hall–Kier alpha value is -5.44. The number of pyridine rings is 1. The predicted octanol–water partition coefficient (Wildman–Crippen LogP) is 4.43. The summed E-state index contributed by atoms with van der Waals surface area (Å²) in [5.41, 5.74) is 5.40. The number of allylic oxidation sites excluding steroid dienone is 2. The SMILES string of the molecule is CCn1c(=O)c(C2=NNC(=O)/C2=C\C2=C(c3ccccc3O)Nc3ccccc3N=C2)c(O)c2ccccc21. The van der Waals surface area contributed by atoms with E-state index in [0.717, 1.165) is 0 Å². The number of hydrogen-bond acceptors (Lipinski definition) is 7. The molecule has 39 heavy (non-hydrogen) atoms. The highest BCUT2D eigenvalue weighted by atomic mass is 16.3. The summed E-state index contributed by atoms with van der Waals surface area (Å²) >= 11 is 0. The van der Waals surface area contributed by atoms with Gasteiger partial charge in [0.05, 0.1) is 28.2 Å². The van der Waals surface area contributed by atoms with E-state index in [4.69, 9.17) is 0 Å². The highest BCUT2D eigenvalue weighted by molar-refractivity contribution is 6.32. The lowest BCUT2D eigenvalue weighted by Gasteiger charge is -2.15. The van der Waals surface area contributed by atoms with Gasteiger partial charge in [0.1, 0.15) is 22.8 Å². The number of hydrogen-bond donors (Lipinski definition) is 4. The van der Waals surface area contributed by atoms with Crippen molar-refractivity contribution in [1.82, 2.24) is 9.99 Å². The Morgan fingerprint density at radius 2 is 1.69 bits per heavy atom. The molecule has 9 heteroatoms. The number of carbonyl (C=O) groups is 1. The van der Waals surface area contributed by atoms with Crippen LogP contribution in [-0.4, -0.2) is 32.6 Å². The molecule has 1 amide bonds. The van der Waals surface area contributed by atoms with Crippen molar-refractivity contribution >= 4 is 45.8 Å². The topological polar surface area (TPSA) is 128 Å². The van der Waals surface area contributed by atoms with E-state index >= 15 is 0 Å². The second kappa shape index (κ2) is 9.46. The number of benzene rings is 3. The number of rotatable bonds is 4. The highest BCUT2D eigenvalue weighted by Crippen LogP contribution is 2.36. The second-order valence-electron chi connectivity index (χ2n) is 9.00. The van der Waals surface area contributed by atoms with Crippen LogP contribution in [0.4, 0.5) is 11.4 Å². The van der Waals surface area contributed by atoms with Crippen molar-refractivity contribution < 1.29 is 15.0 Å². The van der Waals surface area contributed by atoms with Gasteiger partial charge in [-0.2, -0.15) is 5.10 Å². The number of aliphatic imine (C=N–C) groups is 1. The van der Waals surface area contributed by atoms with E-state index in [0.29, 0.717) is 45.7 Å². The fourth-order valence-electron chi connectivity index (χ4n) is 4.85. The third kappa shape index (κ3) is 3.97. The summed E-state index contributed by atoms with van der Waals surface area (Å²) in [6.07, 6.45) is 3.14. The molecule has 3 aromatic carbocycles. The molecule has 0 bridgehead atoms. The third-order valence-corrected chi connectivity index (χ3v) is 6.74. The summed E-state index contributed by atoms with van der Waals surface area (Å²) in [4.78, 5) is 31.2. The first-order valence-corrected chi connectivity index (χ1v) is 12.4. The lowest BCUT2D eigenvalue weighted by molar-refractivity contribution is -0.116. The predicted molar refractivity (Wildman–Crippen MR) is 152 cm³/mol. The van der Waals surface area contributed by atoms with E-state index in [2.05, 4.69) is 20.8 Å². The summed E-state index contributed by atoms with van der Waals surface area (Å²) in [5, 5.41) is 29.8.